The third kappa shape index (κ3) is 4.65. The first-order valence-corrected chi connectivity index (χ1v) is 7.93. The molecular formula is C17H12Cl3N3O. The molecule has 0 saturated carbocycles. The molecule has 0 saturated heterocycles. The van der Waals surface area contributed by atoms with E-state index < -0.39 is 5.91 Å². The summed E-state index contributed by atoms with van der Waals surface area (Å²) in [4.78, 5) is 12.2. The quantitative estimate of drug-likeness (QED) is 0.550. The Balaban J connectivity index is 2.16. The van der Waals surface area contributed by atoms with E-state index in [-0.39, 0.29) is 5.57 Å². The highest BCUT2D eigenvalue weighted by Gasteiger charge is 2.12. The van der Waals surface area contributed by atoms with Gasteiger partial charge >= 0.3 is 0 Å². The van der Waals surface area contributed by atoms with Gasteiger partial charge in [-0.2, -0.15) is 5.26 Å². The Morgan fingerprint density at radius 1 is 1.08 bits per heavy atom. The van der Waals surface area contributed by atoms with E-state index in [1.807, 2.05) is 13.0 Å². The molecule has 0 spiro atoms. The lowest BCUT2D eigenvalue weighted by atomic mass is 10.2. The van der Waals surface area contributed by atoms with Crippen LogP contribution in [0.25, 0.3) is 0 Å². The number of carbonyl (C=O) groups is 1. The van der Waals surface area contributed by atoms with Crippen molar-refractivity contribution in [1.82, 2.24) is 0 Å². The molecule has 2 aromatic carbocycles. The highest BCUT2D eigenvalue weighted by Crippen LogP contribution is 2.26. The fraction of sp³-hybridized carbons (Fsp3) is 0.0588. The minimum atomic E-state index is -0.596. The third-order valence-electron chi connectivity index (χ3n) is 3.10. The average molecular weight is 381 g/mol. The first-order valence-electron chi connectivity index (χ1n) is 6.80. The summed E-state index contributed by atoms with van der Waals surface area (Å²) in [5.74, 6) is -0.596. The van der Waals surface area contributed by atoms with Crippen LogP contribution >= 0.6 is 34.8 Å². The van der Waals surface area contributed by atoms with Gasteiger partial charge in [-0.1, -0.05) is 34.8 Å². The van der Waals surface area contributed by atoms with Crippen molar-refractivity contribution in [2.75, 3.05) is 10.6 Å². The summed E-state index contributed by atoms with van der Waals surface area (Å²) in [5, 5.41) is 16.0. The molecule has 122 valence electrons. The smallest absolute Gasteiger partial charge is 0.267 e. The summed E-state index contributed by atoms with van der Waals surface area (Å²) in [7, 11) is 0. The van der Waals surface area contributed by atoms with Crippen LogP contribution < -0.4 is 10.6 Å². The molecule has 2 aromatic rings. The third-order valence-corrected chi connectivity index (χ3v) is 3.90. The fourth-order valence-corrected chi connectivity index (χ4v) is 2.43. The van der Waals surface area contributed by atoms with Crippen LogP contribution in [0.1, 0.15) is 5.56 Å². The minimum absolute atomic E-state index is 0.111. The molecule has 0 aromatic heterocycles. The predicted molar refractivity (Wildman–Crippen MR) is 98.6 cm³/mol. The van der Waals surface area contributed by atoms with Gasteiger partial charge in [0.25, 0.3) is 5.91 Å². The molecule has 0 aliphatic rings. The summed E-state index contributed by atoms with van der Waals surface area (Å²) >= 11 is 17.8. The largest absolute Gasteiger partial charge is 0.360 e. The van der Waals surface area contributed by atoms with Crippen molar-refractivity contribution < 1.29 is 4.79 Å². The topological polar surface area (TPSA) is 64.9 Å². The van der Waals surface area contributed by atoms with Crippen molar-refractivity contribution in [3.63, 3.8) is 0 Å². The van der Waals surface area contributed by atoms with Gasteiger partial charge in [0, 0.05) is 21.9 Å². The van der Waals surface area contributed by atoms with Crippen LogP contribution in [0.15, 0.2) is 48.2 Å². The van der Waals surface area contributed by atoms with Crippen LogP contribution in [0, 0.1) is 18.3 Å². The van der Waals surface area contributed by atoms with Gasteiger partial charge in [-0.3, -0.25) is 4.79 Å². The summed E-state index contributed by atoms with van der Waals surface area (Å²) in [6.07, 6.45) is 1.32. The van der Waals surface area contributed by atoms with Crippen LogP contribution in [0.3, 0.4) is 0 Å². The van der Waals surface area contributed by atoms with Crippen molar-refractivity contribution >= 4 is 52.1 Å². The van der Waals surface area contributed by atoms with E-state index in [1.165, 1.54) is 12.3 Å². The second-order valence-corrected chi connectivity index (χ2v) is 6.13. The predicted octanol–water partition coefficient (Wildman–Crippen LogP) is 5.41. The molecule has 0 aliphatic heterocycles. The number of hydrogen-bond donors (Lipinski definition) is 2. The van der Waals surface area contributed by atoms with Gasteiger partial charge in [-0.15, -0.1) is 0 Å². The van der Waals surface area contributed by atoms with Crippen molar-refractivity contribution in [2.24, 2.45) is 0 Å². The lowest BCUT2D eigenvalue weighted by Gasteiger charge is -2.08. The van der Waals surface area contributed by atoms with Crippen molar-refractivity contribution in [1.29, 1.82) is 5.26 Å². The van der Waals surface area contributed by atoms with E-state index in [9.17, 15) is 10.1 Å². The number of nitrogens with one attached hydrogen (secondary N) is 2. The summed E-state index contributed by atoms with van der Waals surface area (Å²) < 4.78 is 0. The van der Waals surface area contributed by atoms with Crippen molar-refractivity contribution in [3.8, 4) is 6.07 Å². The molecule has 0 fully saturated rings. The highest BCUT2D eigenvalue weighted by molar-refractivity contribution is 6.36. The van der Waals surface area contributed by atoms with Gasteiger partial charge in [-0.25, -0.2) is 0 Å². The van der Waals surface area contributed by atoms with Crippen LogP contribution in [-0.2, 0) is 4.79 Å². The number of halogens is 3. The molecule has 0 aliphatic carbocycles. The van der Waals surface area contributed by atoms with Crippen LogP contribution in [-0.4, -0.2) is 5.91 Å². The van der Waals surface area contributed by atoms with E-state index in [4.69, 9.17) is 34.8 Å². The van der Waals surface area contributed by atoms with Gasteiger partial charge in [0.1, 0.15) is 11.6 Å². The van der Waals surface area contributed by atoms with Crippen LogP contribution in [0.2, 0.25) is 15.1 Å². The Kier molecular flexibility index (Phi) is 6.10. The van der Waals surface area contributed by atoms with Gasteiger partial charge in [0.2, 0.25) is 0 Å². The van der Waals surface area contributed by atoms with Gasteiger partial charge in [-0.05, 0) is 48.9 Å². The molecule has 0 unspecified atom stereocenters. The van der Waals surface area contributed by atoms with Gasteiger partial charge in [0.05, 0.1) is 10.7 Å². The number of carbonyl (C=O) groups excluding carboxylic acids is 1. The van der Waals surface area contributed by atoms with Crippen LogP contribution in [0.5, 0.6) is 0 Å². The number of benzene rings is 2. The molecule has 0 radical (unpaired) electrons. The maximum atomic E-state index is 12.2. The molecule has 24 heavy (non-hydrogen) atoms. The van der Waals surface area contributed by atoms with E-state index in [2.05, 4.69) is 10.6 Å². The normalized spacial score (nSPS) is 10.9. The Labute approximate surface area is 154 Å². The van der Waals surface area contributed by atoms with Crippen molar-refractivity contribution in [3.05, 3.63) is 68.8 Å². The lowest BCUT2D eigenvalue weighted by Crippen LogP contribution is -2.15. The van der Waals surface area contributed by atoms with Crippen LogP contribution in [0.4, 0.5) is 11.4 Å². The zero-order chi connectivity index (χ0) is 17.7. The molecule has 4 nitrogen and oxygen atoms in total. The first-order chi connectivity index (χ1) is 11.4. The molecule has 0 atom stereocenters. The number of rotatable bonds is 4. The SMILES string of the molecule is Cc1cc(Cl)ccc1N/C=C(/C#N)C(=O)Nc1cc(Cl)ccc1Cl. The van der Waals surface area contributed by atoms with Gasteiger partial charge in [0.15, 0.2) is 0 Å². The number of amides is 1. The zero-order valence-electron chi connectivity index (χ0n) is 12.5. The van der Waals surface area contributed by atoms with E-state index >= 15 is 0 Å². The zero-order valence-corrected chi connectivity index (χ0v) is 14.8. The maximum absolute atomic E-state index is 12.2. The molecule has 0 heterocycles. The van der Waals surface area contributed by atoms with E-state index in [1.54, 1.807) is 30.3 Å². The molecule has 7 heteroatoms. The first kappa shape index (κ1) is 18.2. The highest BCUT2D eigenvalue weighted by atomic mass is 35.5. The number of nitriles is 1. The van der Waals surface area contributed by atoms with E-state index in [0.717, 1.165) is 11.3 Å². The summed E-state index contributed by atoms with van der Waals surface area (Å²) in [5.41, 5.74) is 1.84. The second kappa shape index (κ2) is 8.07. The Morgan fingerprint density at radius 3 is 2.42 bits per heavy atom. The molecule has 2 rings (SSSR count). The average Bonchev–Trinajstić information content (AvgIpc) is 2.53. The molecular weight excluding hydrogens is 369 g/mol. The van der Waals surface area contributed by atoms with Gasteiger partial charge < -0.3 is 10.6 Å². The Bertz CT molecular complexity index is 857. The summed E-state index contributed by atoms with van der Waals surface area (Å²) in [6, 6.07) is 11.8. The Morgan fingerprint density at radius 2 is 1.75 bits per heavy atom. The number of hydrogen-bond acceptors (Lipinski definition) is 3. The van der Waals surface area contributed by atoms with E-state index in [0.29, 0.717) is 20.8 Å². The monoisotopic (exact) mass is 379 g/mol. The Hall–Kier alpha value is -2.19. The lowest BCUT2D eigenvalue weighted by molar-refractivity contribution is -0.112. The fourth-order valence-electron chi connectivity index (χ4n) is 1.87. The molecule has 0 bridgehead atoms. The molecule has 1 amide bonds. The van der Waals surface area contributed by atoms with Crippen molar-refractivity contribution in [2.45, 2.75) is 6.92 Å². The second-order valence-electron chi connectivity index (χ2n) is 4.85. The number of nitrogens with zero attached hydrogens (tertiary/aromatic N) is 1. The number of anilines is 2. The summed E-state index contributed by atoms with van der Waals surface area (Å²) in [6.45, 7) is 1.86. The number of aryl methyl sites for hydroxylation is 1. The molecule has 2 N–H and O–H groups in total. The maximum Gasteiger partial charge on any atom is 0.267 e. The minimum Gasteiger partial charge on any atom is -0.360 e. The standard InChI is InChI=1S/C17H12Cl3N3O/c1-10-6-12(18)3-5-15(10)22-9-11(8-21)17(24)23-16-7-13(19)2-4-14(16)20/h2-7,9,22H,1H3,(H,23,24)/b11-9-.